The second kappa shape index (κ2) is 4.91. The molecular formula is C7H8N6O3S. The molecule has 2 aromatic rings. The molecule has 90 valence electrons. The van der Waals surface area contributed by atoms with Gasteiger partial charge in [-0.3, -0.25) is 4.79 Å². The average molecular weight is 256 g/mol. The van der Waals surface area contributed by atoms with Crippen molar-refractivity contribution in [1.82, 2.24) is 30.3 Å². The Morgan fingerprint density at radius 3 is 3.06 bits per heavy atom. The lowest BCUT2D eigenvalue weighted by molar-refractivity contribution is -0.138. The first kappa shape index (κ1) is 11.5. The minimum Gasteiger partial charge on any atom is -0.480 e. The summed E-state index contributed by atoms with van der Waals surface area (Å²) >= 11 is 1.23. The summed E-state index contributed by atoms with van der Waals surface area (Å²) in [6.45, 7) is 1.43. The van der Waals surface area contributed by atoms with Crippen molar-refractivity contribution in [2.75, 3.05) is 0 Å². The van der Waals surface area contributed by atoms with Gasteiger partial charge >= 0.3 is 5.97 Å². The number of tetrazole rings is 1. The van der Waals surface area contributed by atoms with Crippen molar-refractivity contribution in [2.45, 2.75) is 24.4 Å². The third-order valence-electron chi connectivity index (χ3n) is 1.68. The Kier molecular flexibility index (Phi) is 3.32. The molecule has 0 aliphatic carbocycles. The summed E-state index contributed by atoms with van der Waals surface area (Å²) in [5.74, 6) is 0.372. The Balaban J connectivity index is 1.99. The van der Waals surface area contributed by atoms with E-state index in [-0.39, 0.29) is 6.54 Å². The maximum atomic E-state index is 10.5. The molecule has 0 amide bonds. The van der Waals surface area contributed by atoms with E-state index >= 15 is 0 Å². The highest BCUT2D eigenvalue weighted by atomic mass is 32.2. The zero-order valence-electron chi connectivity index (χ0n) is 8.77. The molecule has 10 heteroatoms. The fourth-order valence-corrected chi connectivity index (χ4v) is 1.77. The van der Waals surface area contributed by atoms with Crippen LogP contribution in [0.3, 0.4) is 0 Å². The molecule has 2 aromatic heterocycles. The van der Waals surface area contributed by atoms with E-state index < -0.39 is 5.97 Å². The number of rotatable bonds is 5. The van der Waals surface area contributed by atoms with Gasteiger partial charge in [-0.25, -0.2) is 4.68 Å². The van der Waals surface area contributed by atoms with E-state index in [1.54, 1.807) is 6.92 Å². The maximum absolute atomic E-state index is 10.5. The van der Waals surface area contributed by atoms with E-state index in [0.717, 1.165) is 0 Å². The van der Waals surface area contributed by atoms with Crippen LogP contribution in [0.15, 0.2) is 9.68 Å². The predicted molar refractivity (Wildman–Crippen MR) is 54.0 cm³/mol. The number of hydrogen-bond donors (Lipinski definition) is 1. The number of nitrogens with zero attached hydrogens (tertiary/aromatic N) is 6. The molecule has 0 saturated carbocycles. The first-order chi connectivity index (χ1) is 8.15. The lowest BCUT2D eigenvalue weighted by Gasteiger charge is -1.98. The third kappa shape index (κ3) is 3.00. The summed E-state index contributed by atoms with van der Waals surface area (Å²) in [6.07, 6.45) is 0. The van der Waals surface area contributed by atoms with Crippen molar-refractivity contribution in [3.05, 3.63) is 11.7 Å². The van der Waals surface area contributed by atoms with Crippen molar-refractivity contribution >= 4 is 17.7 Å². The monoisotopic (exact) mass is 256 g/mol. The van der Waals surface area contributed by atoms with E-state index in [1.807, 2.05) is 0 Å². The lowest BCUT2D eigenvalue weighted by atomic mass is 10.7. The second-order valence-corrected chi connectivity index (χ2v) is 3.98. The molecule has 9 nitrogen and oxygen atoms in total. The Hall–Kier alpha value is -1.97. The number of carboxylic acid groups (broad SMARTS) is 1. The molecule has 2 rings (SSSR count). The van der Waals surface area contributed by atoms with E-state index in [2.05, 4.69) is 25.7 Å². The standard InChI is InChI=1S/C7H8N6O3S/c1-4-8-5(16-10-4)3-17-7-9-11-12-13(7)2-6(14)15/h2-3H2,1H3,(H,14,15). The van der Waals surface area contributed by atoms with Crippen LogP contribution in [0.25, 0.3) is 0 Å². The van der Waals surface area contributed by atoms with Crippen molar-refractivity contribution < 1.29 is 14.4 Å². The quantitative estimate of drug-likeness (QED) is 0.721. The number of carbonyl (C=O) groups is 1. The van der Waals surface area contributed by atoms with Gasteiger partial charge in [0.1, 0.15) is 6.54 Å². The van der Waals surface area contributed by atoms with Crippen molar-refractivity contribution in [3.63, 3.8) is 0 Å². The minimum absolute atomic E-state index is 0.280. The van der Waals surface area contributed by atoms with Gasteiger partial charge in [0.25, 0.3) is 0 Å². The SMILES string of the molecule is Cc1noc(CSc2nnnn2CC(=O)O)n1. The van der Waals surface area contributed by atoms with Crippen LogP contribution in [0.4, 0.5) is 0 Å². The zero-order chi connectivity index (χ0) is 12.3. The normalized spacial score (nSPS) is 10.6. The van der Waals surface area contributed by atoms with Gasteiger partial charge in [-0.1, -0.05) is 16.9 Å². The van der Waals surface area contributed by atoms with Crippen molar-refractivity contribution in [3.8, 4) is 0 Å². The summed E-state index contributed by atoms with van der Waals surface area (Å²) in [7, 11) is 0. The Bertz CT molecular complexity index is 523. The van der Waals surface area contributed by atoms with Crippen LogP contribution in [-0.4, -0.2) is 41.4 Å². The molecule has 0 aliphatic heterocycles. The van der Waals surface area contributed by atoms with E-state index in [4.69, 9.17) is 9.63 Å². The zero-order valence-corrected chi connectivity index (χ0v) is 9.59. The smallest absolute Gasteiger partial charge is 0.325 e. The number of aromatic nitrogens is 6. The first-order valence-electron chi connectivity index (χ1n) is 4.55. The summed E-state index contributed by atoms with van der Waals surface area (Å²) in [4.78, 5) is 14.5. The fraction of sp³-hybridized carbons (Fsp3) is 0.429. The van der Waals surface area contributed by atoms with Gasteiger partial charge in [0.2, 0.25) is 11.0 Å². The molecule has 0 atom stereocenters. The number of thioether (sulfide) groups is 1. The van der Waals surface area contributed by atoms with Crippen LogP contribution in [0.1, 0.15) is 11.7 Å². The van der Waals surface area contributed by atoms with E-state index in [1.165, 1.54) is 16.4 Å². The largest absolute Gasteiger partial charge is 0.480 e. The van der Waals surface area contributed by atoms with Crippen LogP contribution in [-0.2, 0) is 17.1 Å². The van der Waals surface area contributed by atoms with Gasteiger partial charge < -0.3 is 9.63 Å². The molecule has 0 fully saturated rings. The van der Waals surface area contributed by atoms with E-state index in [9.17, 15) is 4.79 Å². The van der Waals surface area contributed by atoms with Crippen LogP contribution in [0.2, 0.25) is 0 Å². The summed E-state index contributed by atoms with van der Waals surface area (Å²) in [5.41, 5.74) is 0. The highest BCUT2D eigenvalue weighted by Gasteiger charge is 2.12. The van der Waals surface area contributed by atoms with Crippen molar-refractivity contribution in [2.24, 2.45) is 0 Å². The highest BCUT2D eigenvalue weighted by molar-refractivity contribution is 7.98. The Morgan fingerprint density at radius 2 is 2.41 bits per heavy atom. The van der Waals surface area contributed by atoms with Crippen molar-refractivity contribution in [1.29, 1.82) is 0 Å². The molecule has 0 spiro atoms. The summed E-state index contributed by atoms with van der Waals surface area (Å²) < 4.78 is 6.10. The molecule has 0 bridgehead atoms. The van der Waals surface area contributed by atoms with Gasteiger partial charge in [0.05, 0.1) is 5.75 Å². The topological polar surface area (TPSA) is 120 Å². The first-order valence-corrected chi connectivity index (χ1v) is 5.53. The van der Waals surface area contributed by atoms with Crippen LogP contribution in [0, 0.1) is 6.92 Å². The molecule has 17 heavy (non-hydrogen) atoms. The van der Waals surface area contributed by atoms with Crippen LogP contribution >= 0.6 is 11.8 Å². The molecule has 1 N–H and O–H groups in total. The Labute approximate surface area is 99.2 Å². The predicted octanol–water partition coefficient (Wildman–Crippen LogP) is -0.259. The lowest BCUT2D eigenvalue weighted by Crippen LogP contribution is -2.11. The molecule has 0 aromatic carbocycles. The van der Waals surface area contributed by atoms with Gasteiger partial charge in [0.15, 0.2) is 5.82 Å². The molecule has 0 aliphatic rings. The average Bonchev–Trinajstić information content (AvgIpc) is 2.84. The van der Waals surface area contributed by atoms with Gasteiger partial charge in [-0.15, -0.1) is 5.10 Å². The minimum atomic E-state index is -1.01. The van der Waals surface area contributed by atoms with Crippen LogP contribution < -0.4 is 0 Å². The number of aryl methyl sites for hydroxylation is 1. The fourth-order valence-electron chi connectivity index (χ4n) is 1.05. The molecule has 0 radical (unpaired) electrons. The van der Waals surface area contributed by atoms with Gasteiger partial charge in [-0.05, 0) is 17.4 Å². The number of carboxylic acids is 1. The van der Waals surface area contributed by atoms with Gasteiger partial charge in [0, 0.05) is 0 Å². The van der Waals surface area contributed by atoms with Gasteiger partial charge in [-0.2, -0.15) is 4.98 Å². The molecule has 2 heterocycles. The van der Waals surface area contributed by atoms with Crippen LogP contribution in [0.5, 0.6) is 0 Å². The summed E-state index contributed by atoms with van der Waals surface area (Å²) in [5, 5.41) is 23.3. The number of aliphatic carboxylic acids is 1. The number of hydrogen-bond acceptors (Lipinski definition) is 8. The molecule has 0 unspecified atom stereocenters. The summed E-state index contributed by atoms with van der Waals surface area (Å²) in [6, 6.07) is 0. The third-order valence-corrected chi connectivity index (χ3v) is 2.62. The molecular weight excluding hydrogens is 248 g/mol. The van der Waals surface area contributed by atoms with E-state index in [0.29, 0.717) is 22.6 Å². The maximum Gasteiger partial charge on any atom is 0.325 e. The Morgan fingerprint density at radius 1 is 1.59 bits per heavy atom. The second-order valence-electron chi connectivity index (χ2n) is 3.04. The highest BCUT2D eigenvalue weighted by Crippen LogP contribution is 2.18. The molecule has 0 saturated heterocycles.